The standard InChI is InChI=1S/C4H11O3PS.C3H9N/c1-3-6-8(5,9)7-4-2;1-4(2)3/h3-4H2,1-2H3,(H,5,9);1-3H3. The zero-order valence-corrected chi connectivity index (χ0v) is 10.7. The van der Waals surface area contributed by atoms with Crippen LogP contribution in [0, 0.1) is 0 Å². The number of hydrogen-bond acceptors (Lipinski definition) is 4. The fourth-order valence-corrected chi connectivity index (χ4v) is 1.72. The lowest BCUT2D eigenvalue weighted by Gasteiger charge is -2.12. The van der Waals surface area contributed by atoms with Crippen molar-refractivity contribution in [2.24, 2.45) is 0 Å². The van der Waals surface area contributed by atoms with Gasteiger partial charge in [0.25, 0.3) is 0 Å². The van der Waals surface area contributed by atoms with Gasteiger partial charge < -0.3 is 18.8 Å². The number of rotatable bonds is 4. The summed E-state index contributed by atoms with van der Waals surface area (Å²) in [7, 11) is 6.00. The molecule has 4 nitrogen and oxygen atoms in total. The average molecular weight is 229 g/mol. The SMILES string of the molecule is CCOP(O)(=S)OCC.CN(C)C. The first kappa shape index (κ1) is 15.9. The molecule has 0 spiro atoms. The van der Waals surface area contributed by atoms with Crippen LogP contribution in [-0.2, 0) is 20.9 Å². The molecule has 0 unspecified atom stereocenters. The summed E-state index contributed by atoms with van der Waals surface area (Å²) < 4.78 is 9.46. The molecule has 0 rings (SSSR count). The number of nitrogens with zero attached hydrogens (tertiary/aromatic N) is 1. The molecule has 6 heteroatoms. The summed E-state index contributed by atoms with van der Waals surface area (Å²) >= 11 is 4.56. The van der Waals surface area contributed by atoms with Crippen molar-refractivity contribution >= 4 is 18.5 Å². The quantitative estimate of drug-likeness (QED) is 0.739. The van der Waals surface area contributed by atoms with Gasteiger partial charge in [0.1, 0.15) is 0 Å². The van der Waals surface area contributed by atoms with Gasteiger partial charge in [0.05, 0.1) is 13.2 Å². The van der Waals surface area contributed by atoms with E-state index in [-0.39, 0.29) is 0 Å². The van der Waals surface area contributed by atoms with Crippen LogP contribution in [0.5, 0.6) is 0 Å². The summed E-state index contributed by atoms with van der Waals surface area (Å²) in [5.74, 6) is 0. The van der Waals surface area contributed by atoms with Gasteiger partial charge in [-0.05, 0) is 46.8 Å². The van der Waals surface area contributed by atoms with E-state index in [1.807, 2.05) is 26.0 Å². The van der Waals surface area contributed by atoms with E-state index in [0.29, 0.717) is 13.2 Å². The smallest absolute Gasteiger partial charge is 0.324 e. The van der Waals surface area contributed by atoms with Gasteiger partial charge in [-0.2, -0.15) is 0 Å². The summed E-state index contributed by atoms with van der Waals surface area (Å²) in [6.45, 7) is 1.45. The minimum atomic E-state index is -2.86. The Kier molecular flexibility index (Phi) is 11.1. The molecule has 0 saturated heterocycles. The van der Waals surface area contributed by atoms with Crippen LogP contribution < -0.4 is 0 Å². The van der Waals surface area contributed by atoms with E-state index in [2.05, 4.69) is 11.8 Å². The molecular weight excluding hydrogens is 209 g/mol. The maximum Gasteiger partial charge on any atom is 0.324 e. The van der Waals surface area contributed by atoms with Crippen molar-refractivity contribution in [1.82, 2.24) is 4.90 Å². The zero-order chi connectivity index (χ0) is 10.9. The highest BCUT2D eigenvalue weighted by Crippen LogP contribution is 2.42. The van der Waals surface area contributed by atoms with E-state index in [9.17, 15) is 0 Å². The Labute approximate surface area is 86.1 Å². The van der Waals surface area contributed by atoms with Gasteiger partial charge in [0.2, 0.25) is 0 Å². The molecule has 1 N–H and O–H groups in total. The van der Waals surface area contributed by atoms with Crippen molar-refractivity contribution in [2.75, 3.05) is 34.4 Å². The van der Waals surface area contributed by atoms with Crippen molar-refractivity contribution in [3.8, 4) is 0 Å². The van der Waals surface area contributed by atoms with E-state index in [0.717, 1.165) is 0 Å². The van der Waals surface area contributed by atoms with Crippen molar-refractivity contribution < 1.29 is 13.9 Å². The zero-order valence-electron chi connectivity index (χ0n) is 8.98. The lowest BCUT2D eigenvalue weighted by atomic mass is 10.9. The minimum absolute atomic E-state index is 0.397. The Morgan fingerprint density at radius 3 is 1.54 bits per heavy atom. The largest absolute Gasteiger partial charge is 0.324 e. The van der Waals surface area contributed by atoms with Crippen LogP contribution in [0.4, 0.5) is 0 Å². The summed E-state index contributed by atoms with van der Waals surface area (Å²) in [4.78, 5) is 11.0. The molecular formula is C7H20NO3PS. The third-order valence-corrected chi connectivity index (χ3v) is 2.39. The first-order valence-electron chi connectivity index (χ1n) is 4.08. The Bertz CT molecular complexity index is 142. The van der Waals surface area contributed by atoms with Crippen LogP contribution in [0.2, 0.25) is 0 Å². The highest BCUT2D eigenvalue weighted by Gasteiger charge is 2.10. The van der Waals surface area contributed by atoms with Gasteiger partial charge in [-0.1, -0.05) is 0 Å². The molecule has 0 bridgehead atoms. The fourth-order valence-electron chi connectivity index (χ4n) is 0.364. The van der Waals surface area contributed by atoms with Gasteiger partial charge in [-0.3, -0.25) is 0 Å². The van der Waals surface area contributed by atoms with E-state index in [1.165, 1.54) is 0 Å². The Hall–Kier alpha value is 0.490. The highest BCUT2D eigenvalue weighted by molar-refractivity contribution is 8.07. The predicted octanol–water partition coefficient (Wildman–Crippen LogP) is 1.45. The van der Waals surface area contributed by atoms with E-state index in [4.69, 9.17) is 13.9 Å². The van der Waals surface area contributed by atoms with Gasteiger partial charge in [-0.15, -0.1) is 0 Å². The van der Waals surface area contributed by atoms with E-state index >= 15 is 0 Å². The second-order valence-corrected chi connectivity index (χ2v) is 5.48. The first-order chi connectivity index (χ1) is 5.85. The summed E-state index contributed by atoms with van der Waals surface area (Å²) in [5.41, 5.74) is 0. The Balaban J connectivity index is 0. The molecule has 0 radical (unpaired) electrons. The maximum absolute atomic E-state index is 9.00. The third kappa shape index (κ3) is 19.1. The molecule has 0 amide bonds. The third-order valence-electron chi connectivity index (χ3n) is 0.584. The van der Waals surface area contributed by atoms with Gasteiger partial charge in [0.15, 0.2) is 0 Å². The molecule has 0 fully saturated rings. The Morgan fingerprint density at radius 2 is 1.38 bits per heavy atom. The Morgan fingerprint density at radius 1 is 1.15 bits per heavy atom. The predicted molar refractivity (Wildman–Crippen MR) is 59.4 cm³/mol. The highest BCUT2D eigenvalue weighted by atomic mass is 32.5. The molecule has 0 saturated carbocycles. The summed E-state index contributed by atoms with van der Waals surface area (Å²) in [5, 5.41) is 0. The summed E-state index contributed by atoms with van der Waals surface area (Å²) in [6, 6.07) is 0. The van der Waals surface area contributed by atoms with Gasteiger partial charge in [0, 0.05) is 0 Å². The number of hydrogen-bond donors (Lipinski definition) is 1. The van der Waals surface area contributed by atoms with Gasteiger partial charge in [-0.25, -0.2) is 0 Å². The molecule has 0 aliphatic carbocycles. The van der Waals surface area contributed by atoms with E-state index in [1.54, 1.807) is 13.8 Å². The second-order valence-electron chi connectivity index (χ2n) is 2.65. The van der Waals surface area contributed by atoms with Crippen LogP contribution in [0.25, 0.3) is 0 Å². The molecule has 0 aromatic heterocycles. The topological polar surface area (TPSA) is 41.9 Å². The van der Waals surface area contributed by atoms with Crippen LogP contribution >= 0.6 is 6.72 Å². The van der Waals surface area contributed by atoms with Crippen molar-refractivity contribution in [2.45, 2.75) is 13.8 Å². The molecule has 13 heavy (non-hydrogen) atoms. The summed E-state index contributed by atoms with van der Waals surface area (Å²) in [6.07, 6.45) is 0. The van der Waals surface area contributed by atoms with E-state index < -0.39 is 6.72 Å². The van der Waals surface area contributed by atoms with Crippen LogP contribution in [0.1, 0.15) is 13.8 Å². The molecule has 0 atom stereocenters. The minimum Gasteiger partial charge on any atom is -0.324 e. The van der Waals surface area contributed by atoms with Crippen molar-refractivity contribution in [1.29, 1.82) is 0 Å². The first-order valence-corrected chi connectivity index (χ1v) is 6.67. The van der Waals surface area contributed by atoms with Crippen LogP contribution in [0.15, 0.2) is 0 Å². The molecule has 0 aromatic carbocycles. The van der Waals surface area contributed by atoms with Crippen LogP contribution in [0.3, 0.4) is 0 Å². The molecule has 82 valence electrons. The van der Waals surface area contributed by atoms with Crippen molar-refractivity contribution in [3.05, 3.63) is 0 Å². The van der Waals surface area contributed by atoms with Gasteiger partial charge >= 0.3 is 6.72 Å². The molecule has 0 aliphatic rings. The van der Waals surface area contributed by atoms with Crippen LogP contribution in [-0.4, -0.2) is 44.2 Å². The second kappa shape index (κ2) is 9.06. The normalized spacial score (nSPS) is 11.0. The lowest BCUT2D eigenvalue weighted by molar-refractivity contribution is 0.212. The molecule has 0 aromatic rings. The van der Waals surface area contributed by atoms with Crippen molar-refractivity contribution in [3.63, 3.8) is 0 Å². The fraction of sp³-hybridized carbons (Fsp3) is 1.00. The maximum atomic E-state index is 9.00. The molecule has 0 aliphatic heterocycles. The monoisotopic (exact) mass is 229 g/mol. The lowest BCUT2D eigenvalue weighted by Crippen LogP contribution is -1.99. The average Bonchev–Trinajstić information content (AvgIpc) is 1.84. The molecule has 0 heterocycles.